The molecule has 0 aromatic carbocycles. The molecule has 4 heteroatoms. The minimum absolute atomic E-state index is 0.454. The van der Waals surface area contributed by atoms with Crippen LogP contribution in [0.15, 0.2) is 12.5 Å². The van der Waals surface area contributed by atoms with Crippen LogP contribution in [0.25, 0.3) is 0 Å². The van der Waals surface area contributed by atoms with Crippen molar-refractivity contribution in [3.63, 3.8) is 0 Å². The Morgan fingerprint density at radius 3 is 2.00 bits per heavy atom. The molecule has 1 heterocycles. The molecule has 50 valence electrons. The molecule has 1 aliphatic heterocycles. The molecule has 1 N–H and O–H groups in total. The maximum Gasteiger partial charge on any atom is 0.271 e. The van der Waals surface area contributed by atoms with E-state index >= 15 is 0 Å². The Hall–Kier alpha value is -1.28. The Labute approximate surface area is 52.6 Å². The number of rotatable bonds is 0. The molecule has 0 unspecified atom stereocenters. The van der Waals surface area contributed by atoms with Gasteiger partial charge >= 0.3 is 0 Å². The van der Waals surface area contributed by atoms with Crippen LogP contribution in [0.5, 0.6) is 0 Å². The molecular formula is C5H7NO3. The van der Waals surface area contributed by atoms with E-state index in [0.717, 1.165) is 6.08 Å². The van der Waals surface area contributed by atoms with E-state index in [1.165, 1.54) is 0 Å². The summed E-state index contributed by atoms with van der Waals surface area (Å²) < 4.78 is 9.47. The lowest BCUT2D eigenvalue weighted by molar-refractivity contribution is 0.178. The van der Waals surface area contributed by atoms with Crippen molar-refractivity contribution in [1.82, 2.24) is 0 Å². The van der Waals surface area contributed by atoms with E-state index in [-0.39, 0.29) is 0 Å². The fourth-order valence-electron chi connectivity index (χ4n) is 0.353. The SMILES string of the molecule is C=C1OCCO1.N=C=O. The topological polar surface area (TPSA) is 59.4 Å². The first-order chi connectivity index (χ1) is 4.31. The molecule has 1 fully saturated rings. The van der Waals surface area contributed by atoms with Crippen LogP contribution in [0.1, 0.15) is 0 Å². The van der Waals surface area contributed by atoms with Crippen molar-refractivity contribution >= 4 is 6.08 Å². The molecule has 0 bridgehead atoms. The van der Waals surface area contributed by atoms with Gasteiger partial charge in [0.2, 0.25) is 6.08 Å². The van der Waals surface area contributed by atoms with Crippen LogP contribution in [0.3, 0.4) is 0 Å². The van der Waals surface area contributed by atoms with E-state index in [2.05, 4.69) is 6.58 Å². The summed E-state index contributed by atoms with van der Waals surface area (Å²) in [6.45, 7) is 4.74. The summed E-state index contributed by atoms with van der Waals surface area (Å²) in [7, 11) is 0. The molecule has 0 aliphatic carbocycles. The van der Waals surface area contributed by atoms with Crippen LogP contribution in [0.4, 0.5) is 0 Å². The summed E-state index contributed by atoms with van der Waals surface area (Å²) in [5, 5.41) is 5.40. The van der Waals surface area contributed by atoms with Gasteiger partial charge in [0.25, 0.3) is 5.95 Å². The van der Waals surface area contributed by atoms with E-state index in [0.29, 0.717) is 19.2 Å². The van der Waals surface area contributed by atoms with Crippen LogP contribution in [0, 0.1) is 5.41 Å². The molecule has 1 rings (SSSR count). The molecule has 0 aromatic heterocycles. The van der Waals surface area contributed by atoms with Crippen molar-refractivity contribution in [3.8, 4) is 0 Å². The Kier molecular flexibility index (Phi) is 4.18. The van der Waals surface area contributed by atoms with Crippen molar-refractivity contribution in [2.24, 2.45) is 0 Å². The lowest BCUT2D eigenvalue weighted by atomic mass is 10.8. The van der Waals surface area contributed by atoms with Gasteiger partial charge in [-0.05, 0) is 6.58 Å². The van der Waals surface area contributed by atoms with Gasteiger partial charge < -0.3 is 9.47 Å². The molecular weight excluding hydrogens is 122 g/mol. The van der Waals surface area contributed by atoms with Crippen LogP contribution in [-0.2, 0) is 14.3 Å². The van der Waals surface area contributed by atoms with Gasteiger partial charge in [0.15, 0.2) is 0 Å². The molecule has 9 heavy (non-hydrogen) atoms. The fraction of sp³-hybridized carbons (Fsp3) is 0.400. The summed E-state index contributed by atoms with van der Waals surface area (Å²) in [5.41, 5.74) is 0. The Balaban J connectivity index is 0.000000187. The van der Waals surface area contributed by atoms with Crippen molar-refractivity contribution in [1.29, 1.82) is 5.41 Å². The Bertz CT molecular complexity index is 118. The van der Waals surface area contributed by atoms with E-state index in [4.69, 9.17) is 19.7 Å². The molecule has 0 radical (unpaired) electrons. The molecule has 0 spiro atoms. The highest BCUT2D eigenvalue weighted by Gasteiger charge is 2.01. The largest absolute Gasteiger partial charge is 0.462 e. The summed E-state index contributed by atoms with van der Waals surface area (Å²) in [4.78, 5) is 8.35. The van der Waals surface area contributed by atoms with Crippen LogP contribution in [0.2, 0.25) is 0 Å². The third-order valence-electron chi connectivity index (χ3n) is 0.609. The summed E-state index contributed by atoms with van der Waals surface area (Å²) >= 11 is 0. The van der Waals surface area contributed by atoms with E-state index < -0.39 is 0 Å². The normalized spacial score (nSPS) is 14.0. The van der Waals surface area contributed by atoms with Crippen LogP contribution >= 0.6 is 0 Å². The molecule has 0 saturated carbocycles. The highest BCUT2D eigenvalue weighted by Crippen LogP contribution is 2.02. The second-order valence-electron chi connectivity index (χ2n) is 1.17. The van der Waals surface area contributed by atoms with Gasteiger partial charge in [-0.1, -0.05) is 0 Å². The zero-order chi connectivity index (χ0) is 7.11. The predicted octanol–water partition coefficient (Wildman–Crippen LogP) is 0.405. The average molecular weight is 129 g/mol. The van der Waals surface area contributed by atoms with Crippen LogP contribution < -0.4 is 0 Å². The van der Waals surface area contributed by atoms with E-state index in [1.54, 1.807) is 0 Å². The molecule has 0 aromatic rings. The highest BCUT2D eigenvalue weighted by molar-refractivity contribution is 5.26. The first kappa shape index (κ1) is 7.72. The molecule has 4 nitrogen and oxygen atoms in total. The Morgan fingerprint density at radius 1 is 1.56 bits per heavy atom. The number of isocyanates is 1. The molecule has 0 amide bonds. The van der Waals surface area contributed by atoms with Crippen LogP contribution in [-0.4, -0.2) is 19.3 Å². The third kappa shape index (κ3) is 4.58. The number of nitrogens with one attached hydrogen (secondary N) is 1. The van der Waals surface area contributed by atoms with Crippen molar-refractivity contribution in [2.75, 3.05) is 13.2 Å². The lowest BCUT2D eigenvalue weighted by Gasteiger charge is -1.87. The summed E-state index contributed by atoms with van der Waals surface area (Å²) in [5.74, 6) is 0.454. The Morgan fingerprint density at radius 2 is 1.89 bits per heavy atom. The zero-order valence-electron chi connectivity index (χ0n) is 4.85. The molecule has 1 aliphatic rings. The first-order valence-corrected chi connectivity index (χ1v) is 2.29. The maximum absolute atomic E-state index is 8.35. The predicted molar refractivity (Wildman–Crippen MR) is 29.5 cm³/mol. The van der Waals surface area contributed by atoms with E-state index in [9.17, 15) is 0 Å². The van der Waals surface area contributed by atoms with Gasteiger partial charge in [-0.2, -0.15) is 0 Å². The second kappa shape index (κ2) is 4.87. The summed E-state index contributed by atoms with van der Waals surface area (Å²) in [6.07, 6.45) is 0.750. The van der Waals surface area contributed by atoms with Gasteiger partial charge in [0.05, 0.1) is 0 Å². The van der Waals surface area contributed by atoms with E-state index in [1.807, 2.05) is 0 Å². The van der Waals surface area contributed by atoms with Gasteiger partial charge in [-0.25, -0.2) is 10.2 Å². The minimum atomic E-state index is 0.454. The average Bonchev–Trinajstić information content (AvgIpc) is 2.20. The monoisotopic (exact) mass is 129 g/mol. The van der Waals surface area contributed by atoms with Gasteiger partial charge in [0.1, 0.15) is 13.2 Å². The minimum Gasteiger partial charge on any atom is -0.462 e. The molecule has 0 atom stereocenters. The van der Waals surface area contributed by atoms with Crippen molar-refractivity contribution in [3.05, 3.63) is 12.5 Å². The molecule has 1 saturated heterocycles. The smallest absolute Gasteiger partial charge is 0.271 e. The number of ether oxygens (including phenoxy) is 2. The lowest BCUT2D eigenvalue weighted by Crippen LogP contribution is -1.79. The second-order valence-corrected chi connectivity index (χ2v) is 1.17. The van der Waals surface area contributed by atoms with Crippen molar-refractivity contribution in [2.45, 2.75) is 0 Å². The zero-order valence-corrected chi connectivity index (χ0v) is 4.85. The number of hydrogen-bond donors (Lipinski definition) is 1. The number of carbonyl (C=O) groups excluding carboxylic acids is 1. The summed E-state index contributed by atoms with van der Waals surface area (Å²) in [6, 6.07) is 0. The van der Waals surface area contributed by atoms with Gasteiger partial charge in [0, 0.05) is 0 Å². The van der Waals surface area contributed by atoms with Gasteiger partial charge in [-0.15, -0.1) is 0 Å². The maximum atomic E-state index is 8.35. The third-order valence-corrected chi connectivity index (χ3v) is 0.609. The standard InChI is InChI=1S/C4H6O2.CHNO/c1-4-5-2-3-6-4;2-1-3/h1-3H2;2H. The fourth-order valence-corrected chi connectivity index (χ4v) is 0.353. The first-order valence-electron chi connectivity index (χ1n) is 2.29. The van der Waals surface area contributed by atoms with Crippen molar-refractivity contribution < 1.29 is 14.3 Å². The highest BCUT2D eigenvalue weighted by atomic mass is 16.7. The quantitative estimate of drug-likeness (QED) is 0.380. The number of hydrogen-bond acceptors (Lipinski definition) is 4. The van der Waals surface area contributed by atoms with Gasteiger partial charge in [-0.3, -0.25) is 0 Å².